The summed E-state index contributed by atoms with van der Waals surface area (Å²) >= 11 is 0. The maximum absolute atomic E-state index is 5.33. The number of piperazine rings is 1. The second-order valence-corrected chi connectivity index (χ2v) is 6.13. The zero-order chi connectivity index (χ0) is 18.0. The highest BCUT2D eigenvalue weighted by Crippen LogP contribution is 2.09. The van der Waals surface area contributed by atoms with Gasteiger partial charge in [0.25, 0.3) is 0 Å². The molecule has 0 aliphatic carbocycles. The Labute approximate surface area is 154 Å². The van der Waals surface area contributed by atoms with Crippen LogP contribution in [0.3, 0.4) is 0 Å². The lowest BCUT2D eigenvalue weighted by Crippen LogP contribution is -2.49. The van der Waals surface area contributed by atoms with Crippen molar-refractivity contribution in [3.05, 3.63) is 42.6 Å². The highest BCUT2D eigenvalue weighted by Gasteiger charge is 2.18. The minimum Gasteiger partial charge on any atom is -0.469 e. The third kappa shape index (κ3) is 5.45. The highest BCUT2D eigenvalue weighted by atomic mass is 16.3. The fraction of sp³-hybridized carbons (Fsp3) is 0.500. The van der Waals surface area contributed by atoms with Crippen LogP contribution in [0.5, 0.6) is 0 Å². The van der Waals surface area contributed by atoms with Gasteiger partial charge in [-0.25, -0.2) is 9.97 Å². The Hall–Kier alpha value is -2.61. The van der Waals surface area contributed by atoms with Crippen molar-refractivity contribution in [1.82, 2.24) is 25.5 Å². The van der Waals surface area contributed by atoms with Crippen LogP contribution < -0.4 is 15.5 Å². The Kier molecular flexibility index (Phi) is 6.83. The van der Waals surface area contributed by atoms with Crippen LogP contribution in [0.25, 0.3) is 0 Å². The van der Waals surface area contributed by atoms with Crippen LogP contribution in [0, 0.1) is 0 Å². The van der Waals surface area contributed by atoms with Crippen molar-refractivity contribution in [3.8, 4) is 0 Å². The molecule has 3 heterocycles. The molecule has 1 aliphatic heterocycles. The van der Waals surface area contributed by atoms with Gasteiger partial charge in [0.15, 0.2) is 5.96 Å². The van der Waals surface area contributed by atoms with E-state index in [0.717, 1.165) is 69.9 Å². The molecule has 0 saturated carbocycles. The Balaban J connectivity index is 1.30. The van der Waals surface area contributed by atoms with Crippen molar-refractivity contribution >= 4 is 11.9 Å². The van der Waals surface area contributed by atoms with Gasteiger partial charge < -0.3 is 20.0 Å². The fourth-order valence-corrected chi connectivity index (χ4v) is 2.94. The summed E-state index contributed by atoms with van der Waals surface area (Å²) in [7, 11) is 1.79. The Bertz CT molecular complexity index is 651. The van der Waals surface area contributed by atoms with Gasteiger partial charge in [0.1, 0.15) is 5.76 Å². The smallest absolute Gasteiger partial charge is 0.225 e. The van der Waals surface area contributed by atoms with Crippen molar-refractivity contribution in [1.29, 1.82) is 0 Å². The van der Waals surface area contributed by atoms with E-state index in [-0.39, 0.29) is 0 Å². The highest BCUT2D eigenvalue weighted by molar-refractivity contribution is 5.79. The molecule has 0 unspecified atom stereocenters. The van der Waals surface area contributed by atoms with Crippen LogP contribution in [0.1, 0.15) is 5.76 Å². The molecule has 8 heteroatoms. The number of aliphatic imine (C=N–C) groups is 1. The van der Waals surface area contributed by atoms with Crippen LogP contribution in [-0.2, 0) is 6.42 Å². The molecular weight excluding hydrogens is 330 g/mol. The molecule has 1 saturated heterocycles. The summed E-state index contributed by atoms with van der Waals surface area (Å²) in [6, 6.07) is 5.74. The average Bonchev–Trinajstić information content (AvgIpc) is 3.21. The SMILES string of the molecule is CN=C(NCCc1ccco1)NCCN1CCN(c2ncccn2)CC1. The molecule has 0 spiro atoms. The molecule has 0 radical (unpaired) electrons. The summed E-state index contributed by atoms with van der Waals surface area (Å²) in [6.07, 6.45) is 6.13. The molecule has 0 amide bonds. The summed E-state index contributed by atoms with van der Waals surface area (Å²) < 4.78 is 5.33. The van der Waals surface area contributed by atoms with E-state index in [1.807, 2.05) is 18.2 Å². The molecule has 0 bridgehead atoms. The van der Waals surface area contributed by atoms with Gasteiger partial charge in [-0.15, -0.1) is 0 Å². The van der Waals surface area contributed by atoms with Gasteiger partial charge in [0.2, 0.25) is 5.95 Å². The lowest BCUT2D eigenvalue weighted by molar-refractivity contribution is 0.260. The molecule has 0 aromatic carbocycles. The van der Waals surface area contributed by atoms with Crippen LogP contribution in [0.15, 0.2) is 46.3 Å². The number of hydrogen-bond acceptors (Lipinski definition) is 6. The summed E-state index contributed by atoms with van der Waals surface area (Å²) in [5, 5.41) is 6.68. The van der Waals surface area contributed by atoms with Gasteiger partial charge in [0.05, 0.1) is 6.26 Å². The van der Waals surface area contributed by atoms with Crippen molar-refractivity contribution in [2.45, 2.75) is 6.42 Å². The molecule has 0 atom stereocenters. The molecule has 3 rings (SSSR count). The molecule has 2 N–H and O–H groups in total. The molecule has 140 valence electrons. The van der Waals surface area contributed by atoms with Crippen molar-refractivity contribution < 1.29 is 4.42 Å². The molecule has 2 aromatic heterocycles. The van der Waals surface area contributed by atoms with E-state index >= 15 is 0 Å². The first-order chi connectivity index (χ1) is 12.8. The Morgan fingerprint density at radius 2 is 1.88 bits per heavy atom. The van der Waals surface area contributed by atoms with Gasteiger partial charge in [-0.1, -0.05) is 0 Å². The number of aromatic nitrogens is 2. The lowest BCUT2D eigenvalue weighted by Gasteiger charge is -2.34. The van der Waals surface area contributed by atoms with Gasteiger partial charge in [0, 0.05) is 71.7 Å². The minimum atomic E-state index is 0.795. The van der Waals surface area contributed by atoms with E-state index in [1.165, 1.54) is 0 Å². The largest absolute Gasteiger partial charge is 0.469 e. The molecular formula is C18H27N7O. The standard InChI is InChI=1S/C18H27N7O/c1-19-17(20-8-5-16-4-2-15-26-16)21-9-10-24-11-13-25(14-12-24)18-22-6-3-7-23-18/h2-4,6-7,15H,5,8-14H2,1H3,(H2,19,20,21). The van der Waals surface area contributed by atoms with E-state index in [9.17, 15) is 0 Å². The third-order valence-corrected chi connectivity index (χ3v) is 4.40. The lowest BCUT2D eigenvalue weighted by atomic mass is 10.3. The van der Waals surface area contributed by atoms with Gasteiger partial charge in [-0.3, -0.25) is 9.89 Å². The predicted octanol–water partition coefficient (Wildman–Crippen LogP) is 0.599. The van der Waals surface area contributed by atoms with E-state index in [1.54, 1.807) is 25.7 Å². The van der Waals surface area contributed by atoms with Crippen molar-refractivity contribution in [2.75, 3.05) is 57.8 Å². The Morgan fingerprint density at radius 3 is 2.58 bits per heavy atom. The predicted molar refractivity (Wildman–Crippen MR) is 102 cm³/mol. The third-order valence-electron chi connectivity index (χ3n) is 4.40. The molecule has 1 aliphatic rings. The number of nitrogens with one attached hydrogen (secondary N) is 2. The molecule has 8 nitrogen and oxygen atoms in total. The summed E-state index contributed by atoms with van der Waals surface area (Å²) in [5.41, 5.74) is 0. The molecule has 26 heavy (non-hydrogen) atoms. The zero-order valence-corrected chi connectivity index (χ0v) is 15.3. The fourth-order valence-electron chi connectivity index (χ4n) is 2.94. The topological polar surface area (TPSA) is 81.8 Å². The average molecular weight is 357 g/mol. The van der Waals surface area contributed by atoms with Crippen molar-refractivity contribution in [2.24, 2.45) is 4.99 Å². The molecule has 2 aromatic rings. The minimum absolute atomic E-state index is 0.795. The van der Waals surface area contributed by atoms with E-state index in [2.05, 4.69) is 35.4 Å². The summed E-state index contributed by atoms with van der Waals surface area (Å²) in [6.45, 7) is 6.60. The number of anilines is 1. The van der Waals surface area contributed by atoms with Crippen molar-refractivity contribution in [3.63, 3.8) is 0 Å². The summed E-state index contributed by atoms with van der Waals surface area (Å²) in [4.78, 5) is 17.6. The normalized spacial score (nSPS) is 15.9. The van der Waals surface area contributed by atoms with Crippen LogP contribution in [0.4, 0.5) is 5.95 Å². The first-order valence-corrected chi connectivity index (χ1v) is 9.06. The van der Waals surface area contributed by atoms with Gasteiger partial charge in [-0.2, -0.15) is 0 Å². The first-order valence-electron chi connectivity index (χ1n) is 9.06. The quantitative estimate of drug-likeness (QED) is 0.555. The maximum atomic E-state index is 5.33. The van der Waals surface area contributed by atoms with E-state index in [0.29, 0.717) is 0 Å². The monoisotopic (exact) mass is 357 g/mol. The van der Waals surface area contributed by atoms with Crippen LogP contribution >= 0.6 is 0 Å². The van der Waals surface area contributed by atoms with Crippen LogP contribution in [0.2, 0.25) is 0 Å². The van der Waals surface area contributed by atoms with E-state index in [4.69, 9.17) is 4.42 Å². The summed E-state index contributed by atoms with van der Waals surface area (Å²) in [5.74, 6) is 2.63. The Morgan fingerprint density at radius 1 is 1.12 bits per heavy atom. The number of nitrogens with zero attached hydrogens (tertiary/aromatic N) is 5. The van der Waals surface area contributed by atoms with Gasteiger partial charge >= 0.3 is 0 Å². The first kappa shape index (κ1) is 18.2. The van der Waals surface area contributed by atoms with Crippen LogP contribution in [-0.4, -0.2) is 73.7 Å². The number of guanidine groups is 1. The number of rotatable bonds is 7. The van der Waals surface area contributed by atoms with Gasteiger partial charge in [-0.05, 0) is 18.2 Å². The van der Waals surface area contributed by atoms with E-state index < -0.39 is 0 Å². The zero-order valence-electron chi connectivity index (χ0n) is 15.3. The maximum Gasteiger partial charge on any atom is 0.225 e. The number of furan rings is 1. The number of hydrogen-bond donors (Lipinski definition) is 2. The second kappa shape index (κ2) is 9.76. The molecule has 1 fully saturated rings. The second-order valence-electron chi connectivity index (χ2n) is 6.13.